The molecule has 0 spiro atoms. The van der Waals surface area contributed by atoms with Gasteiger partial charge in [-0.25, -0.2) is 0 Å². The van der Waals surface area contributed by atoms with E-state index < -0.39 is 0 Å². The molecule has 4 heteroatoms. The van der Waals surface area contributed by atoms with Crippen molar-refractivity contribution in [2.45, 2.75) is 63.5 Å². The second-order valence-electron chi connectivity index (χ2n) is 7.34. The smallest absolute Gasteiger partial charge is 0.0790 e. The summed E-state index contributed by atoms with van der Waals surface area (Å²) < 4.78 is 6.35. The van der Waals surface area contributed by atoms with Crippen LogP contribution in [0.4, 0.5) is 0 Å². The molecule has 0 bridgehead atoms. The number of thioether (sulfide) groups is 1. The molecule has 2 saturated heterocycles. The standard InChI is InChI=1S/C16H32N2OS/c1-7-12-10-18(8-9-20-12)11-13-14(17-6)16(4,5)19-15(13,2)3/h12-14,17H,7-11H2,1-6H3. The molecule has 0 amide bonds. The highest BCUT2D eigenvalue weighted by Gasteiger charge is 2.53. The Bertz CT molecular complexity index is 332. The van der Waals surface area contributed by atoms with Crippen LogP contribution < -0.4 is 5.32 Å². The lowest BCUT2D eigenvalue weighted by Gasteiger charge is -2.38. The summed E-state index contributed by atoms with van der Waals surface area (Å²) in [5.41, 5.74) is -0.138. The molecule has 3 atom stereocenters. The van der Waals surface area contributed by atoms with Crippen LogP contribution in [0.2, 0.25) is 0 Å². The molecule has 3 unspecified atom stereocenters. The maximum atomic E-state index is 6.35. The minimum absolute atomic E-state index is 0.0521. The summed E-state index contributed by atoms with van der Waals surface area (Å²) in [7, 11) is 2.07. The van der Waals surface area contributed by atoms with E-state index in [4.69, 9.17) is 4.74 Å². The van der Waals surface area contributed by atoms with Gasteiger partial charge in [-0.1, -0.05) is 6.92 Å². The highest BCUT2D eigenvalue weighted by atomic mass is 32.2. The van der Waals surface area contributed by atoms with Crippen LogP contribution >= 0.6 is 11.8 Å². The predicted molar refractivity (Wildman–Crippen MR) is 88.6 cm³/mol. The van der Waals surface area contributed by atoms with Crippen molar-refractivity contribution in [3.8, 4) is 0 Å². The van der Waals surface area contributed by atoms with Crippen LogP contribution in [0.3, 0.4) is 0 Å². The summed E-state index contributed by atoms with van der Waals surface area (Å²) in [5, 5.41) is 4.33. The lowest BCUT2D eigenvalue weighted by atomic mass is 9.82. The molecule has 0 aliphatic carbocycles. The van der Waals surface area contributed by atoms with E-state index in [1.165, 1.54) is 25.3 Å². The maximum Gasteiger partial charge on any atom is 0.0790 e. The normalized spacial score (nSPS) is 37.2. The molecule has 20 heavy (non-hydrogen) atoms. The average molecular weight is 301 g/mol. The SMILES string of the molecule is CCC1CN(CC2C(NC)C(C)(C)OC2(C)C)CCS1. The molecule has 0 radical (unpaired) electrons. The number of hydrogen-bond donors (Lipinski definition) is 1. The summed E-state index contributed by atoms with van der Waals surface area (Å²) in [6.45, 7) is 14.9. The summed E-state index contributed by atoms with van der Waals surface area (Å²) in [6.07, 6.45) is 1.28. The Hall–Kier alpha value is 0.230. The first kappa shape index (κ1) is 16.6. The van der Waals surface area contributed by atoms with Gasteiger partial charge in [0, 0.05) is 42.6 Å². The molecular weight excluding hydrogens is 268 g/mol. The van der Waals surface area contributed by atoms with Gasteiger partial charge in [-0.2, -0.15) is 11.8 Å². The van der Waals surface area contributed by atoms with E-state index in [1.54, 1.807) is 0 Å². The average Bonchev–Trinajstić information content (AvgIpc) is 2.54. The van der Waals surface area contributed by atoms with Crippen molar-refractivity contribution >= 4 is 11.8 Å². The van der Waals surface area contributed by atoms with Crippen LogP contribution in [0, 0.1) is 5.92 Å². The lowest BCUT2D eigenvalue weighted by molar-refractivity contribution is -0.0793. The predicted octanol–water partition coefficient (Wildman–Crippen LogP) is 2.61. The minimum atomic E-state index is -0.0857. The molecule has 3 nitrogen and oxygen atoms in total. The van der Waals surface area contributed by atoms with Crippen molar-refractivity contribution in [3.63, 3.8) is 0 Å². The van der Waals surface area contributed by atoms with Crippen molar-refractivity contribution in [3.05, 3.63) is 0 Å². The minimum Gasteiger partial charge on any atom is -0.368 e. The Labute approximate surface area is 129 Å². The zero-order chi connectivity index (χ0) is 15.0. The van der Waals surface area contributed by atoms with Crippen molar-refractivity contribution in [2.24, 2.45) is 5.92 Å². The van der Waals surface area contributed by atoms with Crippen LogP contribution in [0.5, 0.6) is 0 Å². The van der Waals surface area contributed by atoms with Crippen molar-refractivity contribution < 1.29 is 4.74 Å². The highest BCUT2D eigenvalue weighted by Crippen LogP contribution is 2.42. The van der Waals surface area contributed by atoms with Gasteiger partial charge >= 0.3 is 0 Å². The molecule has 2 aliphatic rings. The third-order valence-corrected chi connectivity index (χ3v) is 6.39. The van der Waals surface area contributed by atoms with Crippen LogP contribution in [-0.4, -0.2) is 59.8 Å². The zero-order valence-corrected chi connectivity index (χ0v) is 14.8. The van der Waals surface area contributed by atoms with E-state index >= 15 is 0 Å². The topological polar surface area (TPSA) is 24.5 Å². The van der Waals surface area contributed by atoms with Gasteiger partial charge in [0.15, 0.2) is 0 Å². The number of likely N-dealkylation sites (N-methyl/N-ethyl adjacent to an activating group) is 1. The summed E-state index contributed by atoms with van der Waals surface area (Å²) in [4.78, 5) is 2.66. The van der Waals surface area contributed by atoms with E-state index in [-0.39, 0.29) is 11.2 Å². The van der Waals surface area contributed by atoms with Gasteiger partial charge in [-0.15, -0.1) is 0 Å². The molecule has 2 rings (SSSR count). The molecular formula is C16H32N2OS. The number of ether oxygens (including phenoxy) is 1. The van der Waals surface area contributed by atoms with E-state index in [0.717, 1.165) is 11.8 Å². The van der Waals surface area contributed by atoms with E-state index in [2.05, 4.69) is 63.6 Å². The zero-order valence-electron chi connectivity index (χ0n) is 14.0. The third kappa shape index (κ3) is 3.34. The fourth-order valence-corrected chi connectivity index (χ4v) is 5.30. The number of rotatable bonds is 4. The first-order valence-electron chi connectivity index (χ1n) is 8.01. The van der Waals surface area contributed by atoms with Crippen LogP contribution in [-0.2, 0) is 4.74 Å². The Morgan fingerprint density at radius 3 is 2.55 bits per heavy atom. The maximum absolute atomic E-state index is 6.35. The summed E-state index contributed by atoms with van der Waals surface area (Å²) >= 11 is 2.14. The molecule has 2 heterocycles. The van der Waals surface area contributed by atoms with E-state index in [1.807, 2.05) is 0 Å². The quantitative estimate of drug-likeness (QED) is 0.862. The Balaban J connectivity index is 2.06. The van der Waals surface area contributed by atoms with Crippen LogP contribution in [0.15, 0.2) is 0 Å². The highest BCUT2D eigenvalue weighted by molar-refractivity contribution is 8.00. The fraction of sp³-hybridized carbons (Fsp3) is 1.00. The monoisotopic (exact) mass is 300 g/mol. The van der Waals surface area contributed by atoms with Gasteiger partial charge in [0.05, 0.1) is 11.2 Å². The van der Waals surface area contributed by atoms with Gasteiger partial charge in [-0.05, 0) is 41.2 Å². The molecule has 0 saturated carbocycles. The second kappa shape index (κ2) is 6.15. The molecule has 0 aromatic rings. The Kier molecular flexibility index (Phi) is 5.11. The van der Waals surface area contributed by atoms with Gasteiger partial charge in [0.1, 0.15) is 0 Å². The van der Waals surface area contributed by atoms with Gasteiger partial charge in [-0.3, -0.25) is 0 Å². The Morgan fingerprint density at radius 2 is 1.95 bits per heavy atom. The second-order valence-corrected chi connectivity index (χ2v) is 8.75. The van der Waals surface area contributed by atoms with Crippen molar-refractivity contribution in [1.82, 2.24) is 10.2 Å². The van der Waals surface area contributed by atoms with Gasteiger partial charge in [0.2, 0.25) is 0 Å². The van der Waals surface area contributed by atoms with Gasteiger partial charge < -0.3 is 15.0 Å². The molecule has 2 fully saturated rings. The summed E-state index contributed by atoms with van der Waals surface area (Å²) in [5.74, 6) is 1.82. The fourth-order valence-electron chi connectivity index (χ4n) is 4.05. The third-order valence-electron chi connectivity index (χ3n) is 5.01. The number of nitrogens with one attached hydrogen (secondary N) is 1. The first-order valence-corrected chi connectivity index (χ1v) is 9.06. The largest absolute Gasteiger partial charge is 0.368 e. The van der Waals surface area contributed by atoms with Gasteiger partial charge in [0.25, 0.3) is 0 Å². The molecule has 0 aromatic carbocycles. The summed E-state index contributed by atoms with van der Waals surface area (Å²) in [6, 6.07) is 0.423. The molecule has 1 N–H and O–H groups in total. The first-order chi connectivity index (χ1) is 9.30. The Morgan fingerprint density at radius 1 is 1.25 bits per heavy atom. The lowest BCUT2D eigenvalue weighted by Crippen LogP contribution is -2.51. The number of hydrogen-bond acceptors (Lipinski definition) is 4. The molecule has 118 valence electrons. The molecule has 2 aliphatic heterocycles. The number of nitrogens with zero attached hydrogens (tertiary/aromatic N) is 1. The van der Waals surface area contributed by atoms with Crippen molar-refractivity contribution in [2.75, 3.05) is 32.4 Å². The van der Waals surface area contributed by atoms with Crippen molar-refractivity contribution in [1.29, 1.82) is 0 Å². The molecule has 0 aromatic heterocycles. The van der Waals surface area contributed by atoms with E-state index in [0.29, 0.717) is 12.0 Å². The van der Waals surface area contributed by atoms with Crippen LogP contribution in [0.25, 0.3) is 0 Å². The van der Waals surface area contributed by atoms with Crippen LogP contribution in [0.1, 0.15) is 41.0 Å². The van der Waals surface area contributed by atoms with E-state index in [9.17, 15) is 0 Å².